The van der Waals surface area contributed by atoms with E-state index >= 15 is 0 Å². The summed E-state index contributed by atoms with van der Waals surface area (Å²) in [7, 11) is 0. The molecule has 2 saturated heterocycles. The van der Waals surface area contributed by atoms with Gasteiger partial charge in [0, 0.05) is 12.4 Å². The van der Waals surface area contributed by atoms with E-state index in [9.17, 15) is 9.59 Å². The molecule has 0 radical (unpaired) electrons. The molecular weight excluding hydrogens is 425 g/mol. The average molecular weight is 440 g/mol. The Hall–Kier alpha value is -2.93. The van der Waals surface area contributed by atoms with Gasteiger partial charge in [0.2, 0.25) is 5.91 Å². The van der Waals surface area contributed by atoms with Gasteiger partial charge in [0.1, 0.15) is 5.92 Å². The molecule has 6 nitrogen and oxygen atoms in total. The number of amides is 2. The van der Waals surface area contributed by atoms with Crippen LogP contribution in [-0.2, 0) is 14.4 Å². The predicted octanol–water partition coefficient (Wildman–Crippen LogP) is 4.44. The Balaban J connectivity index is 1.61. The number of carbonyl (C=O) groups is 2. The van der Waals surface area contributed by atoms with Crippen molar-refractivity contribution in [3.8, 4) is 0 Å². The van der Waals surface area contributed by atoms with Gasteiger partial charge in [-0.2, -0.15) is 0 Å². The summed E-state index contributed by atoms with van der Waals surface area (Å²) < 4.78 is 0. The summed E-state index contributed by atoms with van der Waals surface area (Å²) in [5.74, 6) is -1.67. The zero-order valence-electron chi connectivity index (χ0n) is 15.5. The summed E-state index contributed by atoms with van der Waals surface area (Å²) in [5, 5.41) is 2.07. The first-order valence-electron chi connectivity index (χ1n) is 9.30. The van der Waals surface area contributed by atoms with Gasteiger partial charge >= 0.3 is 0 Å². The van der Waals surface area contributed by atoms with Gasteiger partial charge in [-0.05, 0) is 35.9 Å². The number of hydrogen-bond acceptors (Lipinski definition) is 5. The van der Waals surface area contributed by atoms with Crippen LogP contribution in [0.2, 0.25) is 10.0 Å². The van der Waals surface area contributed by atoms with E-state index < -0.39 is 29.9 Å². The van der Waals surface area contributed by atoms with Crippen molar-refractivity contribution in [1.82, 2.24) is 4.98 Å². The number of imide groups is 1. The Labute approximate surface area is 182 Å². The van der Waals surface area contributed by atoms with E-state index in [2.05, 4.69) is 4.98 Å². The van der Waals surface area contributed by atoms with Crippen molar-refractivity contribution in [2.45, 2.75) is 12.1 Å². The van der Waals surface area contributed by atoms with Crippen LogP contribution in [0.5, 0.6) is 0 Å². The first kappa shape index (κ1) is 19.1. The van der Waals surface area contributed by atoms with E-state index in [1.807, 2.05) is 36.4 Å². The third kappa shape index (κ3) is 2.88. The molecule has 0 saturated carbocycles. The second kappa shape index (κ2) is 7.40. The summed E-state index contributed by atoms with van der Waals surface area (Å²) in [4.78, 5) is 38.1. The second-order valence-corrected chi connectivity index (χ2v) is 7.84. The largest absolute Gasteiger partial charge is 0.273 e. The zero-order valence-corrected chi connectivity index (χ0v) is 17.0. The van der Waals surface area contributed by atoms with Crippen molar-refractivity contribution in [1.29, 1.82) is 0 Å². The molecule has 2 aliphatic heterocycles. The Kier molecular flexibility index (Phi) is 4.70. The topological polar surface area (TPSA) is 62.7 Å². The minimum Gasteiger partial charge on any atom is -0.273 e. The molecule has 150 valence electrons. The maximum atomic E-state index is 13.5. The molecule has 2 aliphatic rings. The number of hydrogen-bond donors (Lipinski definition) is 0. The van der Waals surface area contributed by atoms with Gasteiger partial charge in [-0.25, -0.2) is 9.96 Å². The fraction of sp³-hybridized carbons (Fsp3) is 0.136. The Morgan fingerprint density at radius 3 is 2.27 bits per heavy atom. The molecule has 3 heterocycles. The van der Waals surface area contributed by atoms with Crippen LogP contribution in [0.25, 0.3) is 0 Å². The highest BCUT2D eigenvalue weighted by Crippen LogP contribution is 2.49. The standard InChI is InChI=1S/C22H15Cl2N3O3/c23-15-9-4-10-16(24)19(15)26-21(28)17-18(13-6-5-11-25-12-13)27(30-20(17)22(26)29)14-7-2-1-3-8-14/h1-12,17-18,20H/t17-,18-,20-/m1/s1. The highest BCUT2D eigenvalue weighted by atomic mass is 35.5. The summed E-state index contributed by atoms with van der Waals surface area (Å²) in [5.41, 5.74) is 1.69. The van der Waals surface area contributed by atoms with Crippen LogP contribution < -0.4 is 9.96 Å². The van der Waals surface area contributed by atoms with Gasteiger partial charge in [-0.15, -0.1) is 0 Å². The summed E-state index contributed by atoms with van der Waals surface area (Å²) in [6.07, 6.45) is 2.34. The third-order valence-electron chi connectivity index (χ3n) is 5.31. The summed E-state index contributed by atoms with van der Waals surface area (Å²) >= 11 is 12.6. The normalized spacial score (nSPS) is 23.2. The van der Waals surface area contributed by atoms with E-state index in [1.165, 1.54) is 0 Å². The van der Waals surface area contributed by atoms with Gasteiger partial charge in [0.25, 0.3) is 5.91 Å². The number of fused-ring (bicyclic) bond motifs is 1. The number of hydroxylamine groups is 1. The Morgan fingerprint density at radius 1 is 0.867 bits per heavy atom. The van der Waals surface area contributed by atoms with Crippen molar-refractivity contribution >= 4 is 46.4 Å². The van der Waals surface area contributed by atoms with E-state index in [4.69, 9.17) is 28.0 Å². The van der Waals surface area contributed by atoms with Crippen LogP contribution in [0.4, 0.5) is 11.4 Å². The van der Waals surface area contributed by atoms with Crippen LogP contribution in [0.1, 0.15) is 11.6 Å². The first-order chi connectivity index (χ1) is 14.6. The molecule has 3 aromatic rings. The molecule has 0 spiro atoms. The highest BCUT2D eigenvalue weighted by molar-refractivity contribution is 6.42. The molecule has 2 aromatic carbocycles. The summed E-state index contributed by atoms with van der Waals surface area (Å²) in [6.45, 7) is 0. The molecule has 0 N–H and O–H groups in total. The zero-order chi connectivity index (χ0) is 20.8. The summed E-state index contributed by atoms with van der Waals surface area (Å²) in [6, 6.07) is 17.3. The molecule has 1 aromatic heterocycles. The van der Waals surface area contributed by atoms with Crippen molar-refractivity contribution in [3.63, 3.8) is 0 Å². The maximum absolute atomic E-state index is 13.5. The number of benzene rings is 2. The van der Waals surface area contributed by atoms with Crippen LogP contribution in [0.15, 0.2) is 73.1 Å². The molecule has 2 fully saturated rings. The Morgan fingerprint density at radius 2 is 1.60 bits per heavy atom. The van der Waals surface area contributed by atoms with Gasteiger partial charge in [0.05, 0.1) is 27.5 Å². The molecule has 5 rings (SSSR count). The number of carbonyl (C=O) groups excluding carboxylic acids is 2. The van der Waals surface area contributed by atoms with E-state index in [1.54, 1.807) is 41.7 Å². The SMILES string of the molecule is O=C1[C@@H]2[C@@H](c3cccnc3)N(c3ccccc3)O[C@H]2C(=O)N1c1c(Cl)cccc1Cl. The van der Waals surface area contributed by atoms with Crippen LogP contribution in [0, 0.1) is 5.92 Å². The van der Waals surface area contributed by atoms with Crippen molar-refractivity contribution in [2.24, 2.45) is 5.92 Å². The van der Waals surface area contributed by atoms with Crippen molar-refractivity contribution in [2.75, 3.05) is 9.96 Å². The number of anilines is 2. The lowest BCUT2D eigenvalue weighted by atomic mass is 9.91. The third-order valence-corrected chi connectivity index (χ3v) is 5.92. The van der Waals surface area contributed by atoms with Gasteiger partial charge in [-0.3, -0.25) is 19.4 Å². The molecule has 2 amide bonds. The van der Waals surface area contributed by atoms with E-state index in [0.717, 1.165) is 16.2 Å². The number of halogens is 2. The monoisotopic (exact) mass is 439 g/mol. The van der Waals surface area contributed by atoms with Crippen molar-refractivity contribution < 1.29 is 14.4 Å². The number of para-hydroxylation sites is 2. The molecular formula is C22H15Cl2N3O3. The lowest BCUT2D eigenvalue weighted by Crippen LogP contribution is -2.37. The first-order valence-corrected chi connectivity index (χ1v) is 10.1. The molecule has 30 heavy (non-hydrogen) atoms. The molecule has 0 unspecified atom stereocenters. The molecule has 0 bridgehead atoms. The van der Waals surface area contributed by atoms with Gasteiger partial charge in [-0.1, -0.05) is 53.5 Å². The van der Waals surface area contributed by atoms with E-state index in [-0.39, 0.29) is 15.7 Å². The average Bonchev–Trinajstić information content (AvgIpc) is 3.27. The number of aromatic nitrogens is 1. The maximum Gasteiger partial charge on any atom is 0.266 e. The highest BCUT2D eigenvalue weighted by Gasteiger charge is 2.60. The number of nitrogens with zero attached hydrogens (tertiary/aromatic N) is 3. The van der Waals surface area contributed by atoms with E-state index in [0.29, 0.717) is 0 Å². The Bertz CT molecular complexity index is 1110. The smallest absolute Gasteiger partial charge is 0.266 e. The van der Waals surface area contributed by atoms with Crippen LogP contribution in [-0.4, -0.2) is 22.9 Å². The van der Waals surface area contributed by atoms with Gasteiger partial charge in [0.15, 0.2) is 6.10 Å². The second-order valence-electron chi connectivity index (χ2n) is 7.03. The van der Waals surface area contributed by atoms with Crippen LogP contribution >= 0.6 is 23.2 Å². The minimum absolute atomic E-state index is 0.185. The fourth-order valence-electron chi connectivity index (χ4n) is 4.03. The minimum atomic E-state index is -0.991. The lowest BCUT2D eigenvalue weighted by Gasteiger charge is -2.28. The molecule has 0 aliphatic carbocycles. The van der Waals surface area contributed by atoms with Gasteiger partial charge < -0.3 is 0 Å². The number of rotatable bonds is 3. The van der Waals surface area contributed by atoms with Crippen molar-refractivity contribution in [3.05, 3.63) is 88.7 Å². The number of pyridine rings is 1. The quantitative estimate of drug-likeness (QED) is 0.564. The lowest BCUT2D eigenvalue weighted by molar-refractivity contribution is -0.126. The molecule has 8 heteroatoms. The predicted molar refractivity (Wildman–Crippen MR) is 113 cm³/mol. The fourth-order valence-corrected chi connectivity index (χ4v) is 4.59. The molecule has 3 atom stereocenters. The van der Waals surface area contributed by atoms with Crippen LogP contribution in [0.3, 0.4) is 0 Å².